The van der Waals surface area contributed by atoms with Gasteiger partial charge in [-0.25, -0.2) is 4.98 Å². The van der Waals surface area contributed by atoms with Crippen LogP contribution in [0.2, 0.25) is 5.02 Å². The molecule has 0 aliphatic carbocycles. The van der Waals surface area contributed by atoms with Gasteiger partial charge in [0.15, 0.2) is 11.5 Å². The molecule has 0 atom stereocenters. The summed E-state index contributed by atoms with van der Waals surface area (Å²) in [5.41, 5.74) is 3.04. The lowest BCUT2D eigenvalue weighted by molar-refractivity contribution is 0.354. The molecule has 1 heterocycles. The Balaban J connectivity index is 1.65. The Morgan fingerprint density at radius 3 is 2.21 bits per heavy atom. The third kappa shape index (κ3) is 5.27. The second-order valence-electron chi connectivity index (χ2n) is 6.24. The Kier molecular flexibility index (Phi) is 6.55. The van der Waals surface area contributed by atoms with Crippen LogP contribution in [0.4, 0.5) is 11.8 Å². The van der Waals surface area contributed by atoms with E-state index in [1.807, 2.05) is 55.5 Å². The van der Waals surface area contributed by atoms with E-state index in [2.05, 4.69) is 20.6 Å². The molecule has 0 spiro atoms. The predicted octanol–water partition coefficient (Wildman–Crippen LogP) is 4.68. The molecule has 3 rings (SSSR count). The SMILES string of the molecule is COc1ccc(CNc2nc(C)cc(NCc3ccc(Cl)cc3)n2)cc1OC. The maximum Gasteiger partial charge on any atom is 0.225 e. The molecule has 0 amide bonds. The van der Waals surface area contributed by atoms with Crippen molar-refractivity contribution < 1.29 is 9.47 Å². The molecule has 7 heteroatoms. The van der Waals surface area contributed by atoms with E-state index in [0.717, 1.165) is 27.7 Å². The number of ether oxygens (including phenoxy) is 2. The summed E-state index contributed by atoms with van der Waals surface area (Å²) in [6.07, 6.45) is 0. The molecule has 0 radical (unpaired) electrons. The van der Waals surface area contributed by atoms with Crippen molar-refractivity contribution in [2.45, 2.75) is 20.0 Å². The van der Waals surface area contributed by atoms with Crippen LogP contribution in [0.15, 0.2) is 48.5 Å². The average Bonchev–Trinajstić information content (AvgIpc) is 2.71. The minimum absolute atomic E-state index is 0.563. The summed E-state index contributed by atoms with van der Waals surface area (Å²) in [5, 5.41) is 7.31. The smallest absolute Gasteiger partial charge is 0.225 e. The zero-order valence-electron chi connectivity index (χ0n) is 16.1. The summed E-state index contributed by atoms with van der Waals surface area (Å²) >= 11 is 5.93. The van der Waals surface area contributed by atoms with E-state index in [0.29, 0.717) is 30.5 Å². The van der Waals surface area contributed by atoms with Crippen LogP contribution in [0.5, 0.6) is 11.5 Å². The normalized spacial score (nSPS) is 10.4. The van der Waals surface area contributed by atoms with Gasteiger partial charge >= 0.3 is 0 Å². The summed E-state index contributed by atoms with van der Waals surface area (Å²) in [5.74, 6) is 2.72. The first-order chi connectivity index (χ1) is 13.6. The number of hydrogen-bond donors (Lipinski definition) is 2. The lowest BCUT2D eigenvalue weighted by Crippen LogP contribution is -2.08. The van der Waals surface area contributed by atoms with Gasteiger partial charge in [-0.15, -0.1) is 0 Å². The van der Waals surface area contributed by atoms with E-state index in [1.54, 1.807) is 14.2 Å². The lowest BCUT2D eigenvalue weighted by Gasteiger charge is -2.12. The fraction of sp³-hybridized carbons (Fsp3) is 0.238. The maximum atomic E-state index is 5.93. The van der Waals surface area contributed by atoms with Crippen LogP contribution in [0.3, 0.4) is 0 Å². The van der Waals surface area contributed by atoms with Gasteiger partial charge in [-0.1, -0.05) is 29.8 Å². The minimum atomic E-state index is 0.563. The highest BCUT2D eigenvalue weighted by Gasteiger charge is 2.06. The number of benzene rings is 2. The van der Waals surface area contributed by atoms with Gasteiger partial charge in [0, 0.05) is 29.9 Å². The molecule has 0 aliphatic heterocycles. The largest absolute Gasteiger partial charge is 0.493 e. The second kappa shape index (κ2) is 9.28. The summed E-state index contributed by atoms with van der Waals surface area (Å²) in [7, 11) is 3.24. The fourth-order valence-electron chi connectivity index (χ4n) is 2.70. The summed E-state index contributed by atoms with van der Waals surface area (Å²) in [6, 6.07) is 15.4. The van der Waals surface area contributed by atoms with Crippen LogP contribution in [0, 0.1) is 6.92 Å². The Hall–Kier alpha value is -2.99. The first-order valence-corrected chi connectivity index (χ1v) is 9.24. The molecule has 2 N–H and O–H groups in total. The van der Waals surface area contributed by atoms with Crippen LogP contribution in [-0.2, 0) is 13.1 Å². The Labute approximate surface area is 169 Å². The van der Waals surface area contributed by atoms with Gasteiger partial charge in [0.25, 0.3) is 0 Å². The number of nitrogens with one attached hydrogen (secondary N) is 2. The maximum absolute atomic E-state index is 5.93. The van der Waals surface area contributed by atoms with Crippen LogP contribution >= 0.6 is 11.6 Å². The van der Waals surface area contributed by atoms with Crippen molar-refractivity contribution in [3.05, 3.63) is 70.4 Å². The molecule has 6 nitrogen and oxygen atoms in total. The van der Waals surface area contributed by atoms with Crippen molar-refractivity contribution in [1.82, 2.24) is 9.97 Å². The van der Waals surface area contributed by atoms with Crippen molar-refractivity contribution in [2.75, 3.05) is 24.9 Å². The van der Waals surface area contributed by atoms with Gasteiger partial charge < -0.3 is 20.1 Å². The van der Waals surface area contributed by atoms with Gasteiger partial charge in [-0.2, -0.15) is 4.98 Å². The quantitative estimate of drug-likeness (QED) is 0.574. The van der Waals surface area contributed by atoms with Gasteiger partial charge in [0.1, 0.15) is 5.82 Å². The Morgan fingerprint density at radius 2 is 1.50 bits per heavy atom. The standard InChI is InChI=1S/C21H23ClN4O2/c1-14-10-20(23-12-15-4-7-17(22)8-5-15)26-21(25-14)24-13-16-6-9-18(27-2)19(11-16)28-3/h4-11H,12-13H2,1-3H3,(H2,23,24,25,26). The number of methoxy groups -OCH3 is 2. The molecule has 0 fully saturated rings. The topological polar surface area (TPSA) is 68.3 Å². The third-order valence-corrected chi connectivity index (χ3v) is 4.39. The highest BCUT2D eigenvalue weighted by atomic mass is 35.5. The van der Waals surface area contributed by atoms with Crippen molar-refractivity contribution in [2.24, 2.45) is 0 Å². The molecular formula is C21H23ClN4O2. The number of aromatic nitrogens is 2. The molecule has 2 aromatic carbocycles. The van der Waals surface area contributed by atoms with E-state index in [9.17, 15) is 0 Å². The van der Waals surface area contributed by atoms with E-state index in [4.69, 9.17) is 21.1 Å². The van der Waals surface area contributed by atoms with Crippen LogP contribution in [0.25, 0.3) is 0 Å². The van der Waals surface area contributed by atoms with Gasteiger partial charge in [-0.3, -0.25) is 0 Å². The molecule has 28 heavy (non-hydrogen) atoms. The molecule has 1 aromatic heterocycles. The lowest BCUT2D eigenvalue weighted by atomic mass is 10.2. The Morgan fingerprint density at radius 1 is 0.821 bits per heavy atom. The number of anilines is 2. The molecule has 0 bridgehead atoms. The van der Waals surface area contributed by atoms with Crippen LogP contribution in [0.1, 0.15) is 16.8 Å². The van der Waals surface area contributed by atoms with Crippen LogP contribution in [-0.4, -0.2) is 24.2 Å². The predicted molar refractivity (Wildman–Crippen MR) is 112 cm³/mol. The summed E-state index contributed by atoms with van der Waals surface area (Å²) in [4.78, 5) is 9.00. The number of nitrogens with zero attached hydrogens (tertiary/aromatic N) is 2. The van der Waals surface area contributed by atoms with Crippen LogP contribution < -0.4 is 20.1 Å². The molecule has 146 valence electrons. The van der Waals surface area contributed by atoms with E-state index in [-0.39, 0.29) is 0 Å². The minimum Gasteiger partial charge on any atom is -0.493 e. The summed E-state index contributed by atoms with van der Waals surface area (Å²) < 4.78 is 10.6. The fourth-order valence-corrected chi connectivity index (χ4v) is 2.83. The van der Waals surface area contributed by atoms with Gasteiger partial charge in [0.05, 0.1) is 14.2 Å². The highest BCUT2D eigenvalue weighted by Crippen LogP contribution is 2.27. The molecule has 0 saturated heterocycles. The number of halogens is 1. The monoisotopic (exact) mass is 398 g/mol. The molecule has 0 aliphatic rings. The van der Waals surface area contributed by atoms with Crippen molar-refractivity contribution in [3.63, 3.8) is 0 Å². The molecular weight excluding hydrogens is 376 g/mol. The average molecular weight is 399 g/mol. The van der Waals surface area contributed by atoms with Gasteiger partial charge in [0.2, 0.25) is 5.95 Å². The number of aryl methyl sites for hydroxylation is 1. The number of hydrogen-bond acceptors (Lipinski definition) is 6. The zero-order chi connectivity index (χ0) is 19.9. The van der Waals surface area contributed by atoms with Crippen molar-refractivity contribution >= 4 is 23.4 Å². The molecule has 3 aromatic rings. The first-order valence-electron chi connectivity index (χ1n) is 8.86. The third-order valence-electron chi connectivity index (χ3n) is 4.14. The van der Waals surface area contributed by atoms with E-state index in [1.165, 1.54) is 0 Å². The zero-order valence-corrected chi connectivity index (χ0v) is 16.9. The van der Waals surface area contributed by atoms with Crippen molar-refractivity contribution in [1.29, 1.82) is 0 Å². The molecule has 0 saturated carbocycles. The first kappa shape index (κ1) is 19.8. The van der Waals surface area contributed by atoms with E-state index >= 15 is 0 Å². The van der Waals surface area contributed by atoms with Crippen molar-refractivity contribution in [3.8, 4) is 11.5 Å². The molecule has 0 unspecified atom stereocenters. The highest BCUT2D eigenvalue weighted by molar-refractivity contribution is 6.30. The second-order valence-corrected chi connectivity index (χ2v) is 6.68. The van der Waals surface area contributed by atoms with Gasteiger partial charge in [-0.05, 0) is 42.3 Å². The Bertz CT molecular complexity index is 932. The summed E-state index contributed by atoms with van der Waals surface area (Å²) in [6.45, 7) is 3.17. The van der Waals surface area contributed by atoms with E-state index < -0.39 is 0 Å². The number of rotatable bonds is 8.